The van der Waals surface area contributed by atoms with Crippen molar-refractivity contribution in [2.75, 3.05) is 12.0 Å². The highest BCUT2D eigenvalue weighted by atomic mass is 32.2. The molecular weight excluding hydrogens is 350 g/mol. The Hall–Kier alpha value is -1.82. The minimum absolute atomic E-state index is 0.252. The predicted octanol–water partition coefficient (Wildman–Crippen LogP) is 0.218. The van der Waals surface area contributed by atoms with Gasteiger partial charge < -0.3 is 19.8 Å². The average Bonchev–Trinajstić information content (AvgIpc) is 3.11. The first-order valence-electron chi connectivity index (χ1n) is 7.81. The summed E-state index contributed by atoms with van der Waals surface area (Å²) in [7, 11) is -3.63. The summed E-state index contributed by atoms with van der Waals surface area (Å²) >= 11 is 0. The predicted molar refractivity (Wildman–Crippen MR) is 86.9 cm³/mol. The first kappa shape index (κ1) is 16.6. The minimum atomic E-state index is -3.63. The summed E-state index contributed by atoms with van der Waals surface area (Å²) in [6.07, 6.45) is 2.83. The molecule has 1 saturated carbocycles. The monoisotopic (exact) mass is 369 g/mol. The van der Waals surface area contributed by atoms with E-state index in [1.807, 2.05) is 4.57 Å². The fourth-order valence-electron chi connectivity index (χ4n) is 3.61. The van der Waals surface area contributed by atoms with Crippen LogP contribution in [0.3, 0.4) is 0 Å². The van der Waals surface area contributed by atoms with Gasteiger partial charge in [0, 0.05) is 6.42 Å². The lowest BCUT2D eigenvalue weighted by atomic mass is 10.2. The van der Waals surface area contributed by atoms with E-state index in [-0.39, 0.29) is 11.9 Å². The van der Waals surface area contributed by atoms with Gasteiger partial charge in [0.1, 0.15) is 30.2 Å². The average molecular weight is 369 g/mol. The number of nitrogens with zero attached hydrogens (tertiary/aromatic N) is 4. The van der Waals surface area contributed by atoms with Crippen molar-refractivity contribution in [2.24, 2.45) is 0 Å². The number of aromatic nitrogens is 4. The highest BCUT2D eigenvalue weighted by Gasteiger charge is 2.56. The van der Waals surface area contributed by atoms with E-state index < -0.39 is 34.2 Å². The molecule has 1 aliphatic carbocycles. The quantitative estimate of drug-likeness (QED) is 0.754. The van der Waals surface area contributed by atoms with Crippen molar-refractivity contribution in [3.05, 3.63) is 12.7 Å². The molecule has 2 fully saturated rings. The fourth-order valence-corrected chi connectivity index (χ4v) is 4.25. The standard InChI is InChI=1S/C14H19N5O5S/c1-14(2)22-10-7(4-8(11(10)23-14)24-25(3,20)21)19-6-18-9-12(15)16-5-17-13(9)19/h5-8,10-11H,4H2,1-3H3,(H2,15,16,17)/t7-,8+,10+,11-/m1/s1. The van der Waals surface area contributed by atoms with Gasteiger partial charge in [-0.3, -0.25) is 4.18 Å². The van der Waals surface area contributed by atoms with Gasteiger partial charge in [-0.2, -0.15) is 8.42 Å². The molecule has 3 heterocycles. The smallest absolute Gasteiger partial charge is 0.264 e. The van der Waals surface area contributed by atoms with E-state index in [1.165, 1.54) is 6.33 Å². The van der Waals surface area contributed by atoms with E-state index in [2.05, 4.69) is 15.0 Å². The van der Waals surface area contributed by atoms with Crippen LogP contribution >= 0.6 is 0 Å². The van der Waals surface area contributed by atoms with Crippen molar-refractivity contribution in [1.29, 1.82) is 0 Å². The number of nitrogen functional groups attached to an aromatic ring is 1. The van der Waals surface area contributed by atoms with Crippen LogP contribution in [0.5, 0.6) is 0 Å². The zero-order valence-electron chi connectivity index (χ0n) is 14.0. The van der Waals surface area contributed by atoms with Crippen molar-refractivity contribution in [3.63, 3.8) is 0 Å². The zero-order chi connectivity index (χ0) is 18.0. The Morgan fingerprint density at radius 2 is 2.00 bits per heavy atom. The van der Waals surface area contributed by atoms with Crippen LogP contribution in [0.25, 0.3) is 11.2 Å². The first-order chi connectivity index (χ1) is 11.6. The van der Waals surface area contributed by atoms with Crippen molar-refractivity contribution < 1.29 is 22.1 Å². The van der Waals surface area contributed by atoms with Crippen LogP contribution < -0.4 is 5.73 Å². The molecule has 0 aromatic carbocycles. The minimum Gasteiger partial charge on any atom is -0.382 e. The number of fused-ring (bicyclic) bond motifs is 2. The van der Waals surface area contributed by atoms with E-state index in [4.69, 9.17) is 19.4 Å². The van der Waals surface area contributed by atoms with E-state index in [1.54, 1.807) is 20.2 Å². The number of nitrogens with two attached hydrogens (primary N) is 1. The molecule has 2 aromatic heterocycles. The van der Waals surface area contributed by atoms with Gasteiger partial charge in [0.25, 0.3) is 10.1 Å². The lowest BCUT2D eigenvalue weighted by Crippen LogP contribution is -2.32. The van der Waals surface area contributed by atoms with Gasteiger partial charge in [-0.25, -0.2) is 15.0 Å². The molecule has 1 aliphatic heterocycles. The molecule has 2 aliphatic rings. The molecule has 0 amide bonds. The highest BCUT2D eigenvalue weighted by Crippen LogP contribution is 2.46. The molecule has 11 heteroatoms. The Labute approximate surface area is 144 Å². The van der Waals surface area contributed by atoms with Gasteiger partial charge in [0.15, 0.2) is 17.3 Å². The highest BCUT2D eigenvalue weighted by molar-refractivity contribution is 7.86. The molecule has 4 rings (SSSR count). The molecule has 0 radical (unpaired) electrons. The molecule has 0 bridgehead atoms. The maximum Gasteiger partial charge on any atom is 0.264 e. The van der Waals surface area contributed by atoms with Crippen LogP contribution in [0.4, 0.5) is 5.82 Å². The van der Waals surface area contributed by atoms with Crippen LogP contribution in [-0.4, -0.2) is 58.3 Å². The SMILES string of the molecule is CC1(C)O[C@@H]2[C@H](O1)[C@@H](OS(C)(=O)=O)C[C@H]2n1cnc2c(N)ncnc21. The molecule has 2 N–H and O–H groups in total. The molecule has 1 saturated heterocycles. The second-order valence-corrected chi connectivity index (χ2v) is 8.39. The van der Waals surface area contributed by atoms with Gasteiger partial charge in [-0.05, 0) is 13.8 Å². The summed E-state index contributed by atoms with van der Waals surface area (Å²) in [5.74, 6) is -0.552. The lowest BCUT2D eigenvalue weighted by Gasteiger charge is -2.23. The molecule has 2 aromatic rings. The third-order valence-corrected chi connectivity index (χ3v) is 5.02. The summed E-state index contributed by atoms with van der Waals surface area (Å²) < 4.78 is 42.2. The van der Waals surface area contributed by atoms with Gasteiger partial charge in [-0.15, -0.1) is 0 Å². The largest absolute Gasteiger partial charge is 0.382 e. The van der Waals surface area contributed by atoms with Gasteiger partial charge >= 0.3 is 0 Å². The second kappa shape index (κ2) is 5.34. The van der Waals surface area contributed by atoms with Crippen LogP contribution in [-0.2, 0) is 23.8 Å². The van der Waals surface area contributed by atoms with Crippen LogP contribution in [0, 0.1) is 0 Å². The number of rotatable bonds is 3. The summed E-state index contributed by atoms with van der Waals surface area (Å²) in [5.41, 5.74) is 6.89. The third-order valence-electron chi connectivity index (χ3n) is 4.43. The van der Waals surface area contributed by atoms with Crippen LogP contribution in [0.15, 0.2) is 12.7 Å². The third kappa shape index (κ3) is 2.86. The Balaban J connectivity index is 1.75. The Kier molecular flexibility index (Phi) is 3.55. The summed E-state index contributed by atoms with van der Waals surface area (Å²) in [5, 5.41) is 0. The molecule has 0 spiro atoms. The Bertz CT molecular complexity index is 927. The fraction of sp³-hybridized carbons (Fsp3) is 0.643. The number of anilines is 1. The van der Waals surface area contributed by atoms with E-state index in [0.717, 1.165) is 6.26 Å². The van der Waals surface area contributed by atoms with Crippen molar-refractivity contribution in [1.82, 2.24) is 19.5 Å². The second-order valence-electron chi connectivity index (χ2n) is 6.79. The van der Waals surface area contributed by atoms with Crippen molar-refractivity contribution in [3.8, 4) is 0 Å². The molecular formula is C14H19N5O5S. The number of hydrogen-bond donors (Lipinski definition) is 1. The summed E-state index contributed by atoms with van der Waals surface area (Å²) in [6.45, 7) is 3.57. The van der Waals surface area contributed by atoms with Crippen LogP contribution in [0.2, 0.25) is 0 Å². The molecule has 0 unspecified atom stereocenters. The maximum absolute atomic E-state index is 11.6. The summed E-state index contributed by atoms with van der Waals surface area (Å²) in [6, 6.07) is -0.252. The molecule has 136 valence electrons. The Morgan fingerprint density at radius 3 is 2.72 bits per heavy atom. The topological polar surface area (TPSA) is 131 Å². The van der Waals surface area contributed by atoms with E-state index in [0.29, 0.717) is 17.6 Å². The zero-order valence-corrected chi connectivity index (χ0v) is 14.8. The molecule has 25 heavy (non-hydrogen) atoms. The van der Waals surface area contributed by atoms with Gasteiger partial charge in [0.2, 0.25) is 0 Å². The molecule has 10 nitrogen and oxygen atoms in total. The normalized spacial score (nSPS) is 31.5. The van der Waals surface area contributed by atoms with E-state index in [9.17, 15) is 8.42 Å². The van der Waals surface area contributed by atoms with Gasteiger partial charge in [-0.1, -0.05) is 0 Å². The van der Waals surface area contributed by atoms with Crippen LogP contribution in [0.1, 0.15) is 26.3 Å². The van der Waals surface area contributed by atoms with Crippen molar-refractivity contribution in [2.45, 2.75) is 50.4 Å². The summed E-state index contributed by atoms with van der Waals surface area (Å²) in [4.78, 5) is 12.5. The maximum atomic E-state index is 11.6. The number of imidazole rings is 1. The van der Waals surface area contributed by atoms with E-state index >= 15 is 0 Å². The molecule has 4 atom stereocenters. The first-order valence-corrected chi connectivity index (χ1v) is 9.63. The Morgan fingerprint density at radius 1 is 1.28 bits per heavy atom. The number of ether oxygens (including phenoxy) is 2. The number of hydrogen-bond acceptors (Lipinski definition) is 9. The lowest BCUT2D eigenvalue weighted by molar-refractivity contribution is -0.163. The van der Waals surface area contributed by atoms with Crippen molar-refractivity contribution >= 4 is 27.1 Å². The van der Waals surface area contributed by atoms with Gasteiger partial charge in [0.05, 0.1) is 18.6 Å².